The first-order valence-corrected chi connectivity index (χ1v) is 10.8. The van der Waals surface area contributed by atoms with E-state index in [1.165, 1.54) is 11.6 Å². The summed E-state index contributed by atoms with van der Waals surface area (Å²) < 4.78 is 0. The van der Waals surface area contributed by atoms with Crippen molar-refractivity contribution in [2.24, 2.45) is 17.6 Å². The summed E-state index contributed by atoms with van der Waals surface area (Å²) in [4.78, 5) is 39.9. The molecule has 0 saturated carbocycles. The first-order valence-electron chi connectivity index (χ1n) is 10.8. The quantitative estimate of drug-likeness (QED) is 0.531. The molecule has 0 aliphatic carbocycles. The van der Waals surface area contributed by atoms with Crippen LogP contribution >= 0.6 is 0 Å². The lowest BCUT2D eigenvalue weighted by molar-refractivity contribution is -0.384. The number of benzene rings is 2. The lowest BCUT2D eigenvalue weighted by Gasteiger charge is -2.23. The first-order chi connectivity index (χ1) is 15.3. The number of aryl methyl sites for hydroxylation is 1. The number of nitrogens with zero attached hydrogens (tertiary/aromatic N) is 3. The molecule has 2 aromatic carbocycles. The Morgan fingerprint density at radius 1 is 1.12 bits per heavy atom. The number of nitro benzene ring substituents is 1. The Kier molecular flexibility index (Phi) is 6.23. The maximum atomic E-state index is 13.2. The molecule has 0 bridgehead atoms. The van der Waals surface area contributed by atoms with Gasteiger partial charge in [0.05, 0.1) is 16.1 Å². The standard InChI is InChI=1S/C24H27N4O4/c1-16-10-20(28(31)32)11-21(23(25)29)22(16)24(30)27-14-18-12-26(13-19(18)15-27)9-5-8-17-6-3-2-4-7-17/h2-4,6-8,10-11,18-19H,5,9,12-15H2,1H3,(H2,25,29)/t18-,19?/m0/s1. The molecule has 1 radical (unpaired) electrons. The van der Waals surface area contributed by atoms with Crippen LogP contribution in [-0.2, 0) is 0 Å². The summed E-state index contributed by atoms with van der Waals surface area (Å²) in [5, 5.41) is 11.1. The van der Waals surface area contributed by atoms with Gasteiger partial charge in [0.1, 0.15) is 0 Å². The second kappa shape index (κ2) is 9.08. The molecule has 32 heavy (non-hydrogen) atoms. The number of amides is 2. The van der Waals surface area contributed by atoms with Crippen molar-refractivity contribution in [3.05, 3.63) is 81.3 Å². The number of nitro groups is 1. The zero-order valence-corrected chi connectivity index (χ0v) is 18.1. The lowest BCUT2D eigenvalue weighted by atomic mass is 9.99. The Morgan fingerprint density at radius 3 is 2.38 bits per heavy atom. The zero-order chi connectivity index (χ0) is 22.8. The molecule has 2 N–H and O–H groups in total. The number of likely N-dealkylation sites (tertiary alicyclic amines) is 2. The Bertz CT molecular complexity index is 1030. The van der Waals surface area contributed by atoms with Gasteiger partial charge < -0.3 is 15.5 Å². The number of carbonyl (C=O) groups is 2. The summed E-state index contributed by atoms with van der Waals surface area (Å²) in [5.74, 6) is -0.318. The van der Waals surface area contributed by atoms with Gasteiger partial charge in [0.25, 0.3) is 11.6 Å². The van der Waals surface area contributed by atoms with Crippen molar-refractivity contribution in [2.75, 3.05) is 32.7 Å². The van der Waals surface area contributed by atoms with E-state index < -0.39 is 10.8 Å². The molecule has 2 amide bonds. The van der Waals surface area contributed by atoms with Crippen molar-refractivity contribution in [2.45, 2.75) is 13.3 Å². The molecule has 167 valence electrons. The van der Waals surface area contributed by atoms with Crippen LogP contribution in [0.5, 0.6) is 0 Å². The number of carbonyl (C=O) groups excluding carboxylic acids is 2. The number of hydrogen-bond acceptors (Lipinski definition) is 5. The molecular weight excluding hydrogens is 408 g/mol. The molecule has 2 fully saturated rings. The summed E-state index contributed by atoms with van der Waals surface area (Å²) >= 11 is 0. The first kappa shape index (κ1) is 22.0. The van der Waals surface area contributed by atoms with Crippen molar-refractivity contribution in [1.82, 2.24) is 9.80 Å². The van der Waals surface area contributed by atoms with E-state index in [1.54, 1.807) is 11.8 Å². The summed E-state index contributed by atoms with van der Waals surface area (Å²) in [7, 11) is 0. The third-order valence-electron chi connectivity index (χ3n) is 6.48. The summed E-state index contributed by atoms with van der Waals surface area (Å²) in [5.41, 5.74) is 6.92. The minimum Gasteiger partial charge on any atom is -0.366 e. The van der Waals surface area contributed by atoms with Gasteiger partial charge in [-0.2, -0.15) is 0 Å². The van der Waals surface area contributed by atoms with Gasteiger partial charge in [-0.05, 0) is 49.3 Å². The monoisotopic (exact) mass is 435 g/mol. The van der Waals surface area contributed by atoms with Crippen LogP contribution in [0.25, 0.3) is 0 Å². The molecule has 2 saturated heterocycles. The molecule has 8 heteroatoms. The topological polar surface area (TPSA) is 110 Å². The van der Waals surface area contributed by atoms with E-state index >= 15 is 0 Å². The third-order valence-corrected chi connectivity index (χ3v) is 6.48. The van der Waals surface area contributed by atoms with E-state index in [-0.39, 0.29) is 22.7 Å². The molecule has 2 heterocycles. The number of nitrogens with two attached hydrogens (primary N) is 1. The van der Waals surface area contributed by atoms with Crippen molar-refractivity contribution >= 4 is 17.5 Å². The summed E-state index contributed by atoms with van der Waals surface area (Å²) in [6.07, 6.45) is 3.22. The second-order valence-corrected chi connectivity index (χ2v) is 8.70. The highest BCUT2D eigenvalue weighted by molar-refractivity contribution is 6.08. The minimum atomic E-state index is -0.833. The molecule has 8 nitrogen and oxygen atoms in total. The molecule has 4 rings (SSSR count). The fraction of sp³-hybridized carbons (Fsp3) is 0.375. The van der Waals surface area contributed by atoms with Gasteiger partial charge in [-0.25, -0.2) is 0 Å². The smallest absolute Gasteiger partial charge is 0.270 e. The van der Waals surface area contributed by atoms with E-state index in [2.05, 4.69) is 23.5 Å². The van der Waals surface area contributed by atoms with Crippen molar-refractivity contribution in [1.29, 1.82) is 0 Å². The Balaban J connectivity index is 1.37. The highest BCUT2D eigenvalue weighted by atomic mass is 16.6. The van der Waals surface area contributed by atoms with Gasteiger partial charge in [-0.3, -0.25) is 19.7 Å². The van der Waals surface area contributed by atoms with Gasteiger partial charge in [-0.15, -0.1) is 0 Å². The lowest BCUT2D eigenvalue weighted by Crippen LogP contribution is -2.35. The average Bonchev–Trinajstić information content (AvgIpc) is 3.32. The predicted octanol–water partition coefficient (Wildman–Crippen LogP) is 2.65. The highest BCUT2D eigenvalue weighted by Gasteiger charge is 2.42. The van der Waals surface area contributed by atoms with Crippen LogP contribution in [-0.4, -0.2) is 59.3 Å². The Morgan fingerprint density at radius 2 is 1.78 bits per heavy atom. The molecule has 0 aromatic heterocycles. The van der Waals surface area contributed by atoms with E-state index in [9.17, 15) is 19.7 Å². The van der Waals surface area contributed by atoms with E-state index in [0.29, 0.717) is 30.5 Å². The zero-order valence-electron chi connectivity index (χ0n) is 18.1. The molecule has 2 atom stereocenters. The van der Waals surface area contributed by atoms with Gasteiger partial charge in [-0.1, -0.05) is 30.3 Å². The molecular formula is C24H27N4O4. The van der Waals surface area contributed by atoms with Crippen LogP contribution in [0.4, 0.5) is 5.69 Å². The van der Waals surface area contributed by atoms with Gasteiger partial charge in [0, 0.05) is 38.3 Å². The van der Waals surface area contributed by atoms with Crippen molar-refractivity contribution < 1.29 is 14.5 Å². The van der Waals surface area contributed by atoms with Gasteiger partial charge >= 0.3 is 0 Å². The number of non-ortho nitro benzene ring substituents is 1. The highest BCUT2D eigenvalue weighted by Crippen LogP contribution is 2.33. The number of primary amides is 1. The molecule has 0 spiro atoms. The second-order valence-electron chi connectivity index (χ2n) is 8.70. The molecule has 2 aliphatic rings. The normalized spacial score (nSPS) is 20.3. The number of rotatable bonds is 7. The van der Waals surface area contributed by atoms with Crippen LogP contribution in [0.15, 0.2) is 42.5 Å². The minimum absolute atomic E-state index is 0.0863. The van der Waals surface area contributed by atoms with Crippen LogP contribution < -0.4 is 5.73 Å². The van der Waals surface area contributed by atoms with Gasteiger partial charge in [0.15, 0.2) is 0 Å². The molecule has 2 aromatic rings. The van der Waals surface area contributed by atoms with Crippen LogP contribution in [0.2, 0.25) is 0 Å². The van der Waals surface area contributed by atoms with E-state index in [1.807, 2.05) is 18.2 Å². The van der Waals surface area contributed by atoms with Crippen LogP contribution in [0, 0.1) is 35.3 Å². The largest absolute Gasteiger partial charge is 0.366 e. The average molecular weight is 436 g/mol. The maximum absolute atomic E-state index is 13.2. The van der Waals surface area contributed by atoms with Crippen LogP contribution in [0.1, 0.15) is 38.3 Å². The molecule has 2 aliphatic heterocycles. The van der Waals surface area contributed by atoms with Crippen LogP contribution in [0.3, 0.4) is 0 Å². The Labute approximate surface area is 187 Å². The predicted molar refractivity (Wildman–Crippen MR) is 120 cm³/mol. The van der Waals surface area contributed by atoms with E-state index in [0.717, 1.165) is 32.1 Å². The fourth-order valence-electron chi connectivity index (χ4n) is 4.95. The Hall–Kier alpha value is -3.26. The van der Waals surface area contributed by atoms with Crippen molar-refractivity contribution in [3.63, 3.8) is 0 Å². The fourth-order valence-corrected chi connectivity index (χ4v) is 4.95. The number of fused-ring (bicyclic) bond motifs is 1. The van der Waals surface area contributed by atoms with Gasteiger partial charge in [0.2, 0.25) is 5.91 Å². The SMILES string of the molecule is Cc1cc([N+](=O)[O-])cc(C(N)=O)c1C(=O)N1CC2CN(CC[CH]c3ccccc3)C[C@H]2C1. The summed E-state index contributed by atoms with van der Waals surface area (Å²) in [6.45, 7) is 5.73. The third kappa shape index (κ3) is 4.50. The van der Waals surface area contributed by atoms with Crippen molar-refractivity contribution in [3.8, 4) is 0 Å². The maximum Gasteiger partial charge on any atom is 0.270 e. The van der Waals surface area contributed by atoms with E-state index in [4.69, 9.17) is 5.73 Å². The molecule has 1 unspecified atom stereocenters. The summed E-state index contributed by atoms with van der Waals surface area (Å²) in [6, 6.07) is 12.7. The number of hydrogen-bond donors (Lipinski definition) is 1.